The number of halogens is 1. The molecule has 1 aromatic heterocycles. The first kappa shape index (κ1) is 14.9. The van der Waals surface area contributed by atoms with Crippen molar-refractivity contribution in [1.82, 2.24) is 14.8 Å². The summed E-state index contributed by atoms with van der Waals surface area (Å²) >= 11 is 0. The van der Waals surface area contributed by atoms with Crippen LogP contribution < -0.4 is 0 Å². The molecule has 124 valence electrons. The molecule has 0 saturated carbocycles. The topological polar surface area (TPSA) is 66.7 Å². The van der Waals surface area contributed by atoms with Crippen LogP contribution in [0.25, 0.3) is 0 Å². The number of aromatic nitrogens is 1. The van der Waals surface area contributed by atoms with E-state index in [2.05, 4.69) is 4.98 Å². The average Bonchev–Trinajstić information content (AvgIpc) is 3.29. The molecular formula is C17H16FN3O3. The Kier molecular flexibility index (Phi) is 3.55. The SMILES string of the molecule is O=C(c1cccc(F)c1)N1Cc2nc(C(=O)N3CCCC3)oc2C1. The van der Waals surface area contributed by atoms with Gasteiger partial charge in [0.2, 0.25) is 0 Å². The smallest absolute Gasteiger partial charge is 0.309 e. The first-order valence-corrected chi connectivity index (χ1v) is 7.94. The van der Waals surface area contributed by atoms with E-state index in [9.17, 15) is 14.0 Å². The highest BCUT2D eigenvalue weighted by atomic mass is 19.1. The number of nitrogens with zero attached hydrogens (tertiary/aromatic N) is 3. The molecule has 1 saturated heterocycles. The Morgan fingerprint density at radius 2 is 1.88 bits per heavy atom. The van der Waals surface area contributed by atoms with Gasteiger partial charge in [0.15, 0.2) is 0 Å². The molecule has 2 aromatic rings. The molecule has 1 fully saturated rings. The molecule has 1 aromatic carbocycles. The lowest BCUT2D eigenvalue weighted by atomic mass is 10.2. The van der Waals surface area contributed by atoms with E-state index in [1.54, 1.807) is 11.0 Å². The van der Waals surface area contributed by atoms with Gasteiger partial charge in [-0.3, -0.25) is 9.59 Å². The summed E-state index contributed by atoms with van der Waals surface area (Å²) in [5, 5.41) is 0. The van der Waals surface area contributed by atoms with Gasteiger partial charge in [-0.15, -0.1) is 0 Å². The molecule has 4 rings (SSSR count). The van der Waals surface area contributed by atoms with Gasteiger partial charge in [0.1, 0.15) is 17.3 Å². The molecule has 6 nitrogen and oxygen atoms in total. The van der Waals surface area contributed by atoms with Crippen LogP contribution in [0.2, 0.25) is 0 Å². The quantitative estimate of drug-likeness (QED) is 0.847. The molecule has 24 heavy (non-hydrogen) atoms. The number of rotatable bonds is 2. The van der Waals surface area contributed by atoms with Crippen molar-refractivity contribution >= 4 is 11.8 Å². The number of benzene rings is 1. The number of carbonyl (C=O) groups is 2. The van der Waals surface area contributed by atoms with Crippen LogP contribution in [0.15, 0.2) is 28.7 Å². The first-order valence-electron chi connectivity index (χ1n) is 7.94. The molecule has 2 aliphatic heterocycles. The van der Waals surface area contributed by atoms with E-state index in [0.717, 1.165) is 25.9 Å². The Bertz CT molecular complexity index is 788. The molecule has 0 unspecified atom stereocenters. The lowest BCUT2D eigenvalue weighted by molar-refractivity contribution is 0.0727. The van der Waals surface area contributed by atoms with Gasteiger partial charge in [-0.05, 0) is 31.0 Å². The fraction of sp³-hybridized carbons (Fsp3) is 0.353. The fourth-order valence-corrected chi connectivity index (χ4v) is 3.14. The number of fused-ring (bicyclic) bond motifs is 1. The highest BCUT2D eigenvalue weighted by molar-refractivity contribution is 5.94. The highest BCUT2D eigenvalue weighted by Crippen LogP contribution is 2.26. The summed E-state index contributed by atoms with van der Waals surface area (Å²) in [7, 11) is 0. The number of hydrogen-bond acceptors (Lipinski definition) is 4. The Hall–Kier alpha value is -2.70. The van der Waals surface area contributed by atoms with Crippen LogP contribution in [-0.4, -0.2) is 39.7 Å². The Morgan fingerprint density at radius 1 is 1.08 bits per heavy atom. The van der Waals surface area contributed by atoms with Crippen molar-refractivity contribution in [2.24, 2.45) is 0 Å². The number of hydrogen-bond donors (Lipinski definition) is 0. The summed E-state index contributed by atoms with van der Waals surface area (Å²) in [5.41, 5.74) is 0.885. The molecule has 0 spiro atoms. The van der Waals surface area contributed by atoms with Gasteiger partial charge in [-0.2, -0.15) is 0 Å². The molecular weight excluding hydrogens is 313 g/mol. The van der Waals surface area contributed by atoms with Gasteiger partial charge < -0.3 is 14.2 Å². The molecule has 0 N–H and O–H groups in total. The van der Waals surface area contributed by atoms with E-state index in [1.165, 1.54) is 23.1 Å². The Balaban J connectivity index is 1.48. The van der Waals surface area contributed by atoms with Crippen molar-refractivity contribution in [3.8, 4) is 0 Å². The lowest BCUT2D eigenvalue weighted by Crippen LogP contribution is -2.28. The maximum absolute atomic E-state index is 13.3. The first-order chi connectivity index (χ1) is 11.6. The third-order valence-corrected chi connectivity index (χ3v) is 4.39. The summed E-state index contributed by atoms with van der Waals surface area (Å²) in [4.78, 5) is 32.2. The van der Waals surface area contributed by atoms with Crippen LogP contribution in [0.1, 0.15) is 45.3 Å². The minimum Gasteiger partial charge on any atom is -0.435 e. The van der Waals surface area contributed by atoms with Crippen molar-refractivity contribution in [3.63, 3.8) is 0 Å². The molecule has 2 amide bonds. The number of oxazole rings is 1. The van der Waals surface area contributed by atoms with E-state index in [1.807, 2.05) is 0 Å². The molecule has 0 radical (unpaired) electrons. The predicted molar refractivity (Wildman–Crippen MR) is 81.6 cm³/mol. The van der Waals surface area contributed by atoms with E-state index in [4.69, 9.17) is 4.42 Å². The third kappa shape index (κ3) is 2.55. The molecule has 7 heteroatoms. The maximum Gasteiger partial charge on any atom is 0.309 e. The molecule has 0 atom stereocenters. The van der Waals surface area contributed by atoms with Crippen LogP contribution in [0.5, 0.6) is 0 Å². The van der Waals surface area contributed by atoms with Gasteiger partial charge in [-0.25, -0.2) is 9.37 Å². The van der Waals surface area contributed by atoms with Crippen molar-refractivity contribution in [3.05, 3.63) is 53.0 Å². The second kappa shape index (κ2) is 5.74. The van der Waals surface area contributed by atoms with Crippen LogP contribution in [0, 0.1) is 5.82 Å². The van der Waals surface area contributed by atoms with Gasteiger partial charge in [0, 0.05) is 18.7 Å². The standard InChI is InChI=1S/C17H16FN3O3/c18-12-5-3-4-11(8-12)16(22)21-9-13-14(10-21)24-15(19-13)17(23)20-6-1-2-7-20/h3-5,8H,1-2,6-7,9-10H2. The van der Waals surface area contributed by atoms with Crippen molar-refractivity contribution < 1.29 is 18.4 Å². The largest absolute Gasteiger partial charge is 0.435 e. The summed E-state index contributed by atoms with van der Waals surface area (Å²) in [6.45, 7) is 1.97. The molecule has 3 heterocycles. The molecule has 0 aliphatic carbocycles. The van der Waals surface area contributed by atoms with Crippen molar-refractivity contribution in [2.75, 3.05) is 13.1 Å². The van der Waals surface area contributed by atoms with E-state index >= 15 is 0 Å². The summed E-state index contributed by atoms with van der Waals surface area (Å²) in [6, 6.07) is 5.57. The number of amides is 2. The average molecular weight is 329 g/mol. The normalized spacial score (nSPS) is 16.5. The number of carbonyl (C=O) groups excluding carboxylic acids is 2. The second-order valence-corrected chi connectivity index (χ2v) is 6.06. The third-order valence-electron chi connectivity index (χ3n) is 4.39. The summed E-state index contributed by atoms with van der Waals surface area (Å²) in [5.74, 6) is -0.296. The minimum atomic E-state index is -0.451. The van der Waals surface area contributed by atoms with E-state index < -0.39 is 5.82 Å². The van der Waals surface area contributed by atoms with E-state index in [-0.39, 0.29) is 36.4 Å². The molecule has 2 aliphatic rings. The van der Waals surface area contributed by atoms with Gasteiger partial charge in [0.25, 0.3) is 11.8 Å². The molecule has 0 bridgehead atoms. The van der Waals surface area contributed by atoms with E-state index in [0.29, 0.717) is 11.5 Å². The van der Waals surface area contributed by atoms with Gasteiger partial charge >= 0.3 is 5.91 Å². The van der Waals surface area contributed by atoms with Gasteiger partial charge in [0.05, 0.1) is 13.1 Å². The van der Waals surface area contributed by atoms with Crippen LogP contribution >= 0.6 is 0 Å². The fourth-order valence-electron chi connectivity index (χ4n) is 3.14. The zero-order chi connectivity index (χ0) is 16.7. The minimum absolute atomic E-state index is 0.0970. The Labute approximate surface area is 137 Å². The zero-order valence-corrected chi connectivity index (χ0v) is 13.0. The lowest BCUT2D eigenvalue weighted by Gasteiger charge is -2.15. The van der Waals surface area contributed by atoms with Gasteiger partial charge in [-0.1, -0.05) is 6.07 Å². The van der Waals surface area contributed by atoms with Crippen LogP contribution in [0.3, 0.4) is 0 Å². The number of likely N-dealkylation sites (tertiary alicyclic amines) is 1. The zero-order valence-electron chi connectivity index (χ0n) is 13.0. The van der Waals surface area contributed by atoms with Crippen molar-refractivity contribution in [2.45, 2.75) is 25.9 Å². The predicted octanol–water partition coefficient (Wildman–Crippen LogP) is 2.21. The second-order valence-electron chi connectivity index (χ2n) is 6.06. The maximum atomic E-state index is 13.3. The highest BCUT2D eigenvalue weighted by Gasteiger charge is 2.32. The summed E-state index contributed by atoms with van der Waals surface area (Å²) < 4.78 is 18.8. The van der Waals surface area contributed by atoms with Crippen LogP contribution in [0.4, 0.5) is 4.39 Å². The van der Waals surface area contributed by atoms with Crippen LogP contribution in [-0.2, 0) is 13.1 Å². The Morgan fingerprint density at radius 3 is 2.58 bits per heavy atom. The monoisotopic (exact) mass is 329 g/mol. The van der Waals surface area contributed by atoms with Crippen molar-refractivity contribution in [1.29, 1.82) is 0 Å². The summed E-state index contributed by atoms with van der Waals surface area (Å²) in [6.07, 6.45) is 2.00.